The maximum Gasteiger partial charge on any atom is 0.335 e. The van der Waals surface area contributed by atoms with Crippen molar-refractivity contribution in [2.75, 3.05) is 13.1 Å². The van der Waals surface area contributed by atoms with Crippen LogP contribution in [0.5, 0.6) is 0 Å². The van der Waals surface area contributed by atoms with E-state index in [9.17, 15) is 9.59 Å². The van der Waals surface area contributed by atoms with Gasteiger partial charge in [0.25, 0.3) is 5.91 Å². The molecule has 1 spiro atoms. The van der Waals surface area contributed by atoms with E-state index in [4.69, 9.17) is 5.11 Å². The fraction of sp³-hybridized carbons (Fsp3) is 0.562. The molecule has 1 aliphatic carbocycles. The number of nitrogens with zero attached hydrogens (tertiary/aromatic N) is 2. The molecular formula is C16H20N2O3. The second kappa shape index (κ2) is 5.47. The molecule has 0 aromatic carbocycles. The lowest BCUT2D eigenvalue weighted by Crippen LogP contribution is -2.33. The molecule has 1 aromatic rings. The fourth-order valence-electron chi connectivity index (χ4n) is 3.66. The Hall–Kier alpha value is -1.91. The molecule has 5 heteroatoms. The average molecular weight is 288 g/mol. The van der Waals surface area contributed by atoms with Gasteiger partial charge in [-0.05, 0) is 36.8 Å². The first kappa shape index (κ1) is 14.0. The third-order valence-electron chi connectivity index (χ3n) is 4.87. The number of aromatic nitrogens is 1. The summed E-state index contributed by atoms with van der Waals surface area (Å²) in [5.41, 5.74) is 0.654. The van der Waals surface area contributed by atoms with Crippen molar-refractivity contribution in [1.82, 2.24) is 9.88 Å². The number of amides is 1. The van der Waals surface area contributed by atoms with E-state index in [1.54, 1.807) is 0 Å². The molecule has 2 fully saturated rings. The largest absolute Gasteiger partial charge is 0.478 e. The van der Waals surface area contributed by atoms with Crippen LogP contribution in [0.1, 0.15) is 59.4 Å². The summed E-state index contributed by atoms with van der Waals surface area (Å²) in [5.74, 6) is -1.17. The van der Waals surface area contributed by atoms with Crippen LogP contribution in [0, 0.1) is 5.41 Å². The number of carbonyl (C=O) groups excluding carboxylic acids is 1. The van der Waals surface area contributed by atoms with Crippen LogP contribution in [0.25, 0.3) is 0 Å². The lowest BCUT2D eigenvalue weighted by molar-refractivity contribution is 0.0696. The van der Waals surface area contributed by atoms with Gasteiger partial charge in [-0.1, -0.05) is 19.3 Å². The van der Waals surface area contributed by atoms with Gasteiger partial charge < -0.3 is 10.0 Å². The van der Waals surface area contributed by atoms with Crippen LogP contribution < -0.4 is 0 Å². The molecule has 2 heterocycles. The van der Waals surface area contributed by atoms with Gasteiger partial charge in [-0.25, -0.2) is 4.79 Å². The lowest BCUT2D eigenvalue weighted by Gasteiger charge is -2.33. The summed E-state index contributed by atoms with van der Waals surface area (Å²) in [7, 11) is 0. The van der Waals surface area contributed by atoms with Crippen LogP contribution >= 0.6 is 0 Å². The van der Waals surface area contributed by atoms with Crippen molar-refractivity contribution in [1.29, 1.82) is 0 Å². The first-order chi connectivity index (χ1) is 10.1. The van der Waals surface area contributed by atoms with Gasteiger partial charge in [0.1, 0.15) is 5.69 Å². The van der Waals surface area contributed by atoms with Crippen molar-refractivity contribution >= 4 is 11.9 Å². The Morgan fingerprint density at radius 3 is 2.67 bits per heavy atom. The zero-order valence-electron chi connectivity index (χ0n) is 12.0. The van der Waals surface area contributed by atoms with Crippen molar-refractivity contribution in [3.05, 3.63) is 29.6 Å². The lowest BCUT2D eigenvalue weighted by atomic mass is 9.73. The Morgan fingerprint density at radius 2 is 1.95 bits per heavy atom. The Morgan fingerprint density at radius 1 is 1.19 bits per heavy atom. The number of hydrogen-bond donors (Lipinski definition) is 1. The van der Waals surface area contributed by atoms with Gasteiger partial charge in [0, 0.05) is 19.3 Å². The van der Waals surface area contributed by atoms with Crippen LogP contribution in [-0.4, -0.2) is 40.0 Å². The predicted octanol–water partition coefficient (Wildman–Crippen LogP) is 2.58. The summed E-state index contributed by atoms with van der Waals surface area (Å²) in [5, 5.41) is 9.00. The second-order valence-corrected chi connectivity index (χ2v) is 6.27. The SMILES string of the molecule is O=C(O)c1ccnc(C(=O)N2CCC3(CCCCC3)C2)c1. The van der Waals surface area contributed by atoms with Crippen LogP contribution in [0.4, 0.5) is 0 Å². The van der Waals surface area contributed by atoms with Crippen molar-refractivity contribution in [2.24, 2.45) is 5.41 Å². The molecular weight excluding hydrogens is 268 g/mol. The van der Waals surface area contributed by atoms with Crippen LogP contribution in [0.3, 0.4) is 0 Å². The standard InChI is InChI=1S/C16H20N2O3/c19-14(13-10-12(15(20)21)4-8-17-13)18-9-7-16(11-18)5-2-1-3-6-16/h4,8,10H,1-3,5-7,9,11H2,(H,20,21). The van der Waals surface area contributed by atoms with Crippen molar-refractivity contribution < 1.29 is 14.7 Å². The third-order valence-corrected chi connectivity index (χ3v) is 4.87. The zero-order chi connectivity index (χ0) is 14.9. The summed E-state index contributed by atoms with van der Waals surface area (Å²) in [6.45, 7) is 1.56. The monoisotopic (exact) mass is 288 g/mol. The minimum absolute atomic E-state index is 0.111. The first-order valence-corrected chi connectivity index (χ1v) is 7.58. The fourth-order valence-corrected chi connectivity index (χ4v) is 3.66. The normalized spacial score (nSPS) is 20.7. The van der Waals surface area contributed by atoms with Crippen molar-refractivity contribution in [2.45, 2.75) is 38.5 Å². The van der Waals surface area contributed by atoms with E-state index in [0.717, 1.165) is 19.5 Å². The Bertz CT molecular complexity index is 564. The third kappa shape index (κ3) is 2.77. The van der Waals surface area contributed by atoms with Crippen LogP contribution in [-0.2, 0) is 0 Å². The smallest absolute Gasteiger partial charge is 0.335 e. The molecule has 0 unspecified atom stereocenters. The van der Waals surface area contributed by atoms with E-state index < -0.39 is 5.97 Å². The summed E-state index contributed by atoms with van der Waals surface area (Å²) in [6.07, 6.45) is 8.70. The molecule has 1 aromatic heterocycles. The summed E-state index contributed by atoms with van der Waals surface area (Å²) in [4.78, 5) is 29.4. The number of carboxylic acids is 1. The predicted molar refractivity (Wildman–Crippen MR) is 77.2 cm³/mol. The van der Waals surface area contributed by atoms with Crippen LogP contribution in [0.15, 0.2) is 18.3 Å². The highest BCUT2D eigenvalue weighted by molar-refractivity contribution is 5.96. The molecule has 5 nitrogen and oxygen atoms in total. The van der Waals surface area contributed by atoms with Gasteiger partial charge in [-0.15, -0.1) is 0 Å². The zero-order valence-corrected chi connectivity index (χ0v) is 12.0. The number of aromatic carboxylic acids is 1. The molecule has 0 radical (unpaired) electrons. The van der Waals surface area contributed by atoms with Gasteiger partial charge in [0.15, 0.2) is 0 Å². The average Bonchev–Trinajstić information content (AvgIpc) is 2.91. The van der Waals surface area contributed by atoms with E-state index in [1.807, 2.05) is 4.90 Å². The first-order valence-electron chi connectivity index (χ1n) is 7.58. The number of carboxylic acid groups (broad SMARTS) is 1. The molecule has 2 aliphatic rings. The molecule has 1 aliphatic heterocycles. The Balaban J connectivity index is 1.74. The molecule has 1 saturated carbocycles. The van der Waals surface area contributed by atoms with Crippen molar-refractivity contribution in [3.63, 3.8) is 0 Å². The quantitative estimate of drug-likeness (QED) is 0.908. The van der Waals surface area contributed by atoms with E-state index in [-0.39, 0.29) is 17.2 Å². The van der Waals surface area contributed by atoms with Gasteiger partial charge in [0.2, 0.25) is 0 Å². The molecule has 1 amide bonds. The molecule has 1 N–H and O–H groups in total. The Labute approximate surface area is 124 Å². The molecule has 1 saturated heterocycles. The van der Waals surface area contributed by atoms with E-state index in [2.05, 4.69) is 4.98 Å². The summed E-state index contributed by atoms with van der Waals surface area (Å²) < 4.78 is 0. The maximum atomic E-state index is 12.5. The molecule has 0 atom stereocenters. The number of pyridine rings is 1. The highest BCUT2D eigenvalue weighted by atomic mass is 16.4. The van der Waals surface area contributed by atoms with Gasteiger partial charge in [-0.3, -0.25) is 9.78 Å². The van der Waals surface area contributed by atoms with Crippen molar-refractivity contribution in [3.8, 4) is 0 Å². The number of rotatable bonds is 2. The second-order valence-electron chi connectivity index (χ2n) is 6.27. The van der Waals surface area contributed by atoms with E-state index in [1.165, 1.54) is 50.4 Å². The summed E-state index contributed by atoms with van der Waals surface area (Å²) >= 11 is 0. The highest BCUT2D eigenvalue weighted by Crippen LogP contribution is 2.43. The van der Waals surface area contributed by atoms with E-state index >= 15 is 0 Å². The molecule has 21 heavy (non-hydrogen) atoms. The van der Waals surface area contributed by atoms with Gasteiger partial charge in [-0.2, -0.15) is 0 Å². The summed E-state index contributed by atoms with van der Waals surface area (Å²) in [6, 6.07) is 2.78. The maximum absolute atomic E-state index is 12.5. The van der Waals surface area contributed by atoms with Crippen LogP contribution in [0.2, 0.25) is 0 Å². The van der Waals surface area contributed by atoms with Gasteiger partial charge >= 0.3 is 5.97 Å². The topological polar surface area (TPSA) is 70.5 Å². The number of hydrogen-bond acceptors (Lipinski definition) is 3. The minimum Gasteiger partial charge on any atom is -0.478 e. The van der Waals surface area contributed by atoms with E-state index in [0.29, 0.717) is 5.41 Å². The molecule has 3 rings (SSSR count). The molecule has 112 valence electrons. The highest BCUT2D eigenvalue weighted by Gasteiger charge is 2.40. The number of carbonyl (C=O) groups is 2. The van der Waals surface area contributed by atoms with Gasteiger partial charge in [0.05, 0.1) is 5.56 Å². The molecule has 0 bridgehead atoms. The Kier molecular flexibility index (Phi) is 3.66. The number of likely N-dealkylation sites (tertiary alicyclic amines) is 1. The minimum atomic E-state index is -1.03.